The van der Waals surface area contributed by atoms with Gasteiger partial charge in [-0.1, -0.05) is 24.4 Å². The number of halogens is 1. The van der Waals surface area contributed by atoms with Crippen LogP contribution in [0.15, 0.2) is 24.3 Å². The standard InChI is InChI=1S/C16H20ClNO3/c1-21-14-6-5-13(17)10-12(14)4-7-15(19)18-11-16(20)8-2-3-9-16/h4-7,10,20H,2-3,8-9,11H2,1H3,(H,18,19)/b7-4+. The van der Waals surface area contributed by atoms with Gasteiger partial charge in [0.1, 0.15) is 5.75 Å². The largest absolute Gasteiger partial charge is 0.496 e. The van der Waals surface area contributed by atoms with Crippen LogP contribution in [0.5, 0.6) is 5.75 Å². The third kappa shape index (κ3) is 4.48. The molecule has 0 heterocycles. The van der Waals surface area contributed by atoms with Crippen molar-refractivity contribution in [1.82, 2.24) is 5.32 Å². The van der Waals surface area contributed by atoms with Gasteiger partial charge in [0, 0.05) is 23.2 Å². The first-order chi connectivity index (χ1) is 10.0. The first-order valence-corrected chi connectivity index (χ1v) is 7.42. The van der Waals surface area contributed by atoms with Gasteiger partial charge in [-0.2, -0.15) is 0 Å². The van der Waals surface area contributed by atoms with Crippen molar-refractivity contribution in [3.05, 3.63) is 34.9 Å². The summed E-state index contributed by atoms with van der Waals surface area (Å²) in [7, 11) is 1.57. The molecule has 1 aromatic rings. The highest BCUT2D eigenvalue weighted by molar-refractivity contribution is 6.30. The van der Waals surface area contributed by atoms with Crippen LogP contribution in [0.2, 0.25) is 5.02 Å². The van der Waals surface area contributed by atoms with Crippen molar-refractivity contribution >= 4 is 23.6 Å². The number of carbonyl (C=O) groups is 1. The van der Waals surface area contributed by atoms with E-state index in [1.165, 1.54) is 6.08 Å². The molecule has 0 aromatic heterocycles. The van der Waals surface area contributed by atoms with Crippen LogP contribution in [0.1, 0.15) is 31.2 Å². The Morgan fingerprint density at radius 2 is 2.19 bits per heavy atom. The molecule has 114 valence electrons. The summed E-state index contributed by atoms with van der Waals surface area (Å²) in [5.74, 6) is 0.412. The topological polar surface area (TPSA) is 58.6 Å². The number of benzene rings is 1. The van der Waals surface area contributed by atoms with Gasteiger partial charge >= 0.3 is 0 Å². The van der Waals surface area contributed by atoms with Crippen LogP contribution in [0.3, 0.4) is 0 Å². The summed E-state index contributed by atoms with van der Waals surface area (Å²) in [5, 5.41) is 13.5. The summed E-state index contributed by atoms with van der Waals surface area (Å²) in [4.78, 5) is 11.8. The lowest BCUT2D eigenvalue weighted by molar-refractivity contribution is -0.117. The minimum atomic E-state index is -0.739. The molecule has 0 spiro atoms. The lowest BCUT2D eigenvalue weighted by Crippen LogP contribution is -2.40. The van der Waals surface area contributed by atoms with Crippen LogP contribution < -0.4 is 10.1 Å². The van der Waals surface area contributed by atoms with Gasteiger partial charge in [0.05, 0.1) is 12.7 Å². The van der Waals surface area contributed by atoms with Crippen molar-refractivity contribution in [3.63, 3.8) is 0 Å². The van der Waals surface area contributed by atoms with E-state index < -0.39 is 5.60 Å². The van der Waals surface area contributed by atoms with Crippen molar-refractivity contribution < 1.29 is 14.6 Å². The predicted octanol–water partition coefficient (Wildman–Crippen LogP) is 2.78. The zero-order valence-electron chi connectivity index (χ0n) is 12.1. The van der Waals surface area contributed by atoms with E-state index >= 15 is 0 Å². The smallest absolute Gasteiger partial charge is 0.244 e. The highest BCUT2D eigenvalue weighted by atomic mass is 35.5. The van der Waals surface area contributed by atoms with E-state index in [0.717, 1.165) is 31.2 Å². The first-order valence-electron chi connectivity index (χ1n) is 7.04. The van der Waals surface area contributed by atoms with Crippen LogP contribution in [-0.4, -0.2) is 30.3 Å². The van der Waals surface area contributed by atoms with Gasteiger partial charge in [-0.3, -0.25) is 4.79 Å². The van der Waals surface area contributed by atoms with E-state index in [1.807, 2.05) is 0 Å². The van der Waals surface area contributed by atoms with Gasteiger partial charge in [-0.05, 0) is 37.1 Å². The van der Waals surface area contributed by atoms with E-state index in [-0.39, 0.29) is 5.91 Å². The number of aliphatic hydroxyl groups is 1. The Morgan fingerprint density at radius 3 is 2.86 bits per heavy atom. The minimum Gasteiger partial charge on any atom is -0.496 e. The second kappa shape index (κ2) is 6.96. The maximum Gasteiger partial charge on any atom is 0.244 e. The molecule has 0 atom stereocenters. The molecule has 2 N–H and O–H groups in total. The van der Waals surface area contributed by atoms with E-state index in [0.29, 0.717) is 17.3 Å². The molecule has 21 heavy (non-hydrogen) atoms. The Labute approximate surface area is 129 Å². The summed E-state index contributed by atoms with van der Waals surface area (Å²) in [6.45, 7) is 0.294. The maximum absolute atomic E-state index is 11.8. The van der Waals surface area contributed by atoms with Crippen molar-refractivity contribution in [3.8, 4) is 5.75 Å². The molecule has 1 aliphatic rings. The third-order valence-electron chi connectivity index (χ3n) is 3.73. The van der Waals surface area contributed by atoms with E-state index in [1.54, 1.807) is 31.4 Å². The van der Waals surface area contributed by atoms with E-state index in [9.17, 15) is 9.90 Å². The second-order valence-electron chi connectivity index (χ2n) is 5.37. The highest BCUT2D eigenvalue weighted by Gasteiger charge is 2.30. The molecule has 0 saturated heterocycles. The lowest BCUT2D eigenvalue weighted by atomic mass is 10.0. The fraction of sp³-hybridized carbons (Fsp3) is 0.438. The molecule has 1 fully saturated rings. The van der Waals surface area contributed by atoms with Crippen molar-refractivity contribution in [1.29, 1.82) is 0 Å². The minimum absolute atomic E-state index is 0.239. The Morgan fingerprint density at radius 1 is 1.48 bits per heavy atom. The molecule has 0 aliphatic heterocycles. The summed E-state index contributed by atoms with van der Waals surface area (Å²) in [5.41, 5.74) is -0.00298. The Kier molecular flexibility index (Phi) is 5.26. The van der Waals surface area contributed by atoms with Crippen molar-refractivity contribution in [2.24, 2.45) is 0 Å². The van der Waals surface area contributed by atoms with Gasteiger partial charge < -0.3 is 15.2 Å². The number of carbonyl (C=O) groups excluding carboxylic acids is 1. The van der Waals surface area contributed by atoms with Crippen LogP contribution in [0.4, 0.5) is 0 Å². The number of methoxy groups -OCH3 is 1. The van der Waals surface area contributed by atoms with Gasteiger partial charge in [0.25, 0.3) is 0 Å². The van der Waals surface area contributed by atoms with Crippen molar-refractivity contribution in [2.75, 3.05) is 13.7 Å². The summed E-state index contributed by atoms with van der Waals surface area (Å²) >= 11 is 5.93. The van der Waals surface area contributed by atoms with Crippen molar-refractivity contribution in [2.45, 2.75) is 31.3 Å². The average molecular weight is 310 g/mol. The molecule has 1 aromatic carbocycles. The number of ether oxygens (including phenoxy) is 1. The molecular weight excluding hydrogens is 290 g/mol. The molecule has 1 amide bonds. The van der Waals surface area contributed by atoms with E-state index in [4.69, 9.17) is 16.3 Å². The van der Waals surface area contributed by atoms with Crippen LogP contribution in [0.25, 0.3) is 6.08 Å². The number of rotatable bonds is 5. The molecule has 4 nitrogen and oxygen atoms in total. The number of hydrogen-bond donors (Lipinski definition) is 2. The molecule has 2 rings (SSSR count). The van der Waals surface area contributed by atoms with Crippen LogP contribution in [0, 0.1) is 0 Å². The molecule has 1 saturated carbocycles. The molecule has 1 aliphatic carbocycles. The zero-order chi connectivity index (χ0) is 15.3. The first kappa shape index (κ1) is 15.9. The predicted molar refractivity (Wildman–Crippen MR) is 83.5 cm³/mol. The SMILES string of the molecule is COc1ccc(Cl)cc1/C=C/C(=O)NCC1(O)CCCC1. The Balaban J connectivity index is 1.94. The number of nitrogens with one attached hydrogen (secondary N) is 1. The maximum atomic E-state index is 11.8. The van der Waals surface area contributed by atoms with Crippen LogP contribution in [-0.2, 0) is 4.79 Å². The monoisotopic (exact) mass is 309 g/mol. The molecular formula is C16H20ClNO3. The summed E-state index contributed by atoms with van der Waals surface area (Å²) in [6, 6.07) is 5.21. The zero-order valence-corrected chi connectivity index (χ0v) is 12.8. The lowest BCUT2D eigenvalue weighted by Gasteiger charge is -2.21. The molecule has 0 radical (unpaired) electrons. The molecule has 5 heteroatoms. The normalized spacial score (nSPS) is 17.1. The quantitative estimate of drug-likeness (QED) is 0.822. The number of amides is 1. The van der Waals surface area contributed by atoms with E-state index in [2.05, 4.69) is 5.32 Å². The van der Waals surface area contributed by atoms with Gasteiger partial charge in [0.2, 0.25) is 5.91 Å². The fourth-order valence-electron chi connectivity index (χ4n) is 2.52. The second-order valence-corrected chi connectivity index (χ2v) is 5.81. The van der Waals surface area contributed by atoms with Gasteiger partial charge in [-0.15, -0.1) is 0 Å². The molecule has 0 unspecified atom stereocenters. The van der Waals surface area contributed by atoms with Gasteiger partial charge in [-0.25, -0.2) is 0 Å². The molecule has 0 bridgehead atoms. The average Bonchev–Trinajstić information content (AvgIpc) is 2.90. The highest BCUT2D eigenvalue weighted by Crippen LogP contribution is 2.28. The number of hydrogen-bond acceptors (Lipinski definition) is 3. The summed E-state index contributed by atoms with van der Waals surface area (Å²) < 4.78 is 5.21. The summed E-state index contributed by atoms with van der Waals surface area (Å²) in [6.07, 6.45) is 6.60. The fourth-order valence-corrected chi connectivity index (χ4v) is 2.70. The van der Waals surface area contributed by atoms with Gasteiger partial charge in [0.15, 0.2) is 0 Å². The third-order valence-corrected chi connectivity index (χ3v) is 3.97. The Bertz CT molecular complexity index is 536. The van der Waals surface area contributed by atoms with Crippen LogP contribution >= 0.6 is 11.6 Å². The Hall–Kier alpha value is -1.52.